The van der Waals surface area contributed by atoms with Crippen LogP contribution in [0.5, 0.6) is 0 Å². The Hall–Kier alpha value is -3.41. The SMILES string of the molecule is Cn1c(-c2ccc(NC(=O)c3cc(C4CC4)nn3C(C)(C)C)cc2)nc2ccccc21. The summed E-state index contributed by atoms with van der Waals surface area (Å²) in [5.41, 5.74) is 5.20. The van der Waals surface area contributed by atoms with Crippen molar-refractivity contribution in [1.82, 2.24) is 19.3 Å². The summed E-state index contributed by atoms with van der Waals surface area (Å²) < 4.78 is 3.94. The molecule has 0 saturated heterocycles. The van der Waals surface area contributed by atoms with Gasteiger partial charge in [0.25, 0.3) is 5.91 Å². The lowest BCUT2D eigenvalue weighted by Gasteiger charge is -2.22. The van der Waals surface area contributed by atoms with Gasteiger partial charge in [0.2, 0.25) is 0 Å². The first-order chi connectivity index (χ1) is 14.8. The number of fused-ring (bicyclic) bond motifs is 1. The number of rotatable bonds is 4. The zero-order valence-corrected chi connectivity index (χ0v) is 18.4. The van der Waals surface area contributed by atoms with Gasteiger partial charge in [-0.15, -0.1) is 0 Å². The van der Waals surface area contributed by atoms with Gasteiger partial charge in [-0.2, -0.15) is 5.10 Å². The van der Waals surface area contributed by atoms with Gasteiger partial charge in [0.15, 0.2) is 0 Å². The molecule has 6 nitrogen and oxygen atoms in total. The second-order valence-corrected chi connectivity index (χ2v) is 9.33. The average molecular weight is 414 g/mol. The molecule has 1 amide bonds. The molecule has 0 atom stereocenters. The quantitative estimate of drug-likeness (QED) is 0.492. The molecule has 5 rings (SSSR count). The lowest BCUT2D eigenvalue weighted by molar-refractivity contribution is 0.100. The molecule has 0 spiro atoms. The van der Waals surface area contributed by atoms with Crippen LogP contribution in [-0.2, 0) is 12.6 Å². The molecule has 1 saturated carbocycles. The third-order valence-electron chi connectivity index (χ3n) is 5.78. The number of aryl methyl sites for hydroxylation is 1. The summed E-state index contributed by atoms with van der Waals surface area (Å²) in [7, 11) is 2.02. The summed E-state index contributed by atoms with van der Waals surface area (Å²) in [4.78, 5) is 17.8. The van der Waals surface area contributed by atoms with E-state index >= 15 is 0 Å². The first-order valence-corrected chi connectivity index (χ1v) is 10.7. The topological polar surface area (TPSA) is 64.7 Å². The molecule has 4 aromatic rings. The van der Waals surface area contributed by atoms with Gasteiger partial charge >= 0.3 is 0 Å². The second-order valence-electron chi connectivity index (χ2n) is 9.33. The van der Waals surface area contributed by atoms with E-state index in [1.54, 1.807) is 0 Å². The fourth-order valence-corrected chi connectivity index (χ4v) is 3.95. The first kappa shape index (κ1) is 19.5. The van der Waals surface area contributed by atoms with Crippen molar-refractivity contribution in [1.29, 1.82) is 0 Å². The van der Waals surface area contributed by atoms with Crippen molar-refractivity contribution < 1.29 is 4.79 Å². The molecule has 1 aliphatic rings. The van der Waals surface area contributed by atoms with Crippen LogP contribution in [0.3, 0.4) is 0 Å². The van der Waals surface area contributed by atoms with E-state index in [0.717, 1.165) is 46.6 Å². The number of imidazole rings is 1. The van der Waals surface area contributed by atoms with Gasteiger partial charge in [-0.1, -0.05) is 12.1 Å². The van der Waals surface area contributed by atoms with Gasteiger partial charge in [0, 0.05) is 24.2 Å². The Morgan fingerprint density at radius 2 is 1.77 bits per heavy atom. The molecule has 0 radical (unpaired) electrons. The van der Waals surface area contributed by atoms with Gasteiger partial charge in [0.05, 0.1) is 22.3 Å². The number of hydrogen-bond donors (Lipinski definition) is 1. The van der Waals surface area contributed by atoms with E-state index in [0.29, 0.717) is 11.6 Å². The van der Waals surface area contributed by atoms with E-state index in [2.05, 4.69) is 36.7 Å². The third kappa shape index (κ3) is 3.63. The number of nitrogens with one attached hydrogen (secondary N) is 1. The van der Waals surface area contributed by atoms with Crippen molar-refractivity contribution in [2.24, 2.45) is 7.05 Å². The summed E-state index contributed by atoms with van der Waals surface area (Å²) in [6.45, 7) is 6.21. The zero-order valence-electron chi connectivity index (χ0n) is 18.4. The van der Waals surface area contributed by atoms with Gasteiger partial charge in [-0.3, -0.25) is 9.48 Å². The molecule has 0 bridgehead atoms. The van der Waals surface area contributed by atoms with Crippen LogP contribution >= 0.6 is 0 Å². The molecule has 2 aromatic carbocycles. The van der Waals surface area contributed by atoms with Crippen LogP contribution in [0, 0.1) is 0 Å². The largest absolute Gasteiger partial charge is 0.327 e. The molecule has 0 aliphatic heterocycles. The highest BCUT2D eigenvalue weighted by molar-refractivity contribution is 6.03. The molecular formula is C25H27N5O. The number of nitrogens with zero attached hydrogens (tertiary/aromatic N) is 4. The minimum Gasteiger partial charge on any atom is -0.327 e. The molecule has 2 heterocycles. The molecule has 2 aromatic heterocycles. The normalized spacial score (nSPS) is 14.2. The predicted molar refractivity (Wildman–Crippen MR) is 123 cm³/mol. The first-order valence-electron chi connectivity index (χ1n) is 10.7. The molecule has 1 fully saturated rings. The smallest absolute Gasteiger partial charge is 0.273 e. The maximum atomic E-state index is 13.1. The Morgan fingerprint density at radius 3 is 2.42 bits per heavy atom. The van der Waals surface area contributed by atoms with Crippen LogP contribution in [0.4, 0.5) is 5.69 Å². The summed E-state index contributed by atoms with van der Waals surface area (Å²) in [5.74, 6) is 1.27. The number of carbonyl (C=O) groups is 1. The minimum atomic E-state index is -0.260. The standard InChI is InChI=1S/C25H27N5O/c1-25(2,3)30-22(15-20(28-30)16-9-10-16)24(31)26-18-13-11-17(12-14-18)23-27-19-7-5-6-8-21(19)29(23)4/h5-8,11-16H,9-10H2,1-4H3,(H,26,31). The van der Waals surface area contributed by atoms with Crippen molar-refractivity contribution in [2.45, 2.75) is 45.1 Å². The number of benzene rings is 2. The van der Waals surface area contributed by atoms with Crippen LogP contribution < -0.4 is 5.32 Å². The number of hydrogen-bond acceptors (Lipinski definition) is 3. The molecule has 158 valence electrons. The monoisotopic (exact) mass is 413 g/mol. The summed E-state index contributed by atoms with van der Waals surface area (Å²) in [6, 6.07) is 17.9. The minimum absolute atomic E-state index is 0.134. The lowest BCUT2D eigenvalue weighted by Crippen LogP contribution is -2.29. The highest BCUT2D eigenvalue weighted by Crippen LogP contribution is 2.40. The van der Waals surface area contributed by atoms with E-state index in [1.807, 2.05) is 60.3 Å². The van der Waals surface area contributed by atoms with Crippen LogP contribution in [0.25, 0.3) is 22.4 Å². The molecule has 1 N–H and O–H groups in total. The van der Waals surface area contributed by atoms with E-state index < -0.39 is 0 Å². The predicted octanol–water partition coefficient (Wildman–Crippen LogP) is 5.32. The highest BCUT2D eigenvalue weighted by atomic mass is 16.2. The second kappa shape index (κ2) is 7.08. The lowest BCUT2D eigenvalue weighted by atomic mass is 10.1. The van der Waals surface area contributed by atoms with Gasteiger partial charge in [-0.25, -0.2) is 4.98 Å². The van der Waals surface area contributed by atoms with Crippen LogP contribution in [0.15, 0.2) is 54.6 Å². The summed E-state index contributed by atoms with van der Waals surface area (Å²) in [6.07, 6.45) is 2.32. The van der Waals surface area contributed by atoms with Gasteiger partial charge in [0.1, 0.15) is 11.5 Å². The number of para-hydroxylation sites is 2. The fourth-order valence-electron chi connectivity index (χ4n) is 3.95. The Labute approximate surface area is 181 Å². The number of anilines is 1. The van der Waals surface area contributed by atoms with Gasteiger partial charge < -0.3 is 9.88 Å². The Kier molecular flexibility index (Phi) is 4.46. The third-order valence-corrected chi connectivity index (χ3v) is 5.78. The van der Waals surface area contributed by atoms with E-state index in [1.165, 1.54) is 0 Å². The van der Waals surface area contributed by atoms with Gasteiger partial charge in [-0.05, 0) is 76.1 Å². The molecule has 31 heavy (non-hydrogen) atoms. The summed E-state index contributed by atoms with van der Waals surface area (Å²) >= 11 is 0. The van der Waals surface area contributed by atoms with E-state index in [4.69, 9.17) is 10.1 Å². The fraction of sp³-hybridized carbons (Fsp3) is 0.320. The van der Waals surface area contributed by atoms with E-state index in [-0.39, 0.29) is 11.4 Å². The molecule has 0 unspecified atom stereocenters. The van der Waals surface area contributed by atoms with Crippen molar-refractivity contribution in [3.63, 3.8) is 0 Å². The Bertz CT molecular complexity index is 1270. The Morgan fingerprint density at radius 1 is 1.06 bits per heavy atom. The van der Waals surface area contributed by atoms with Crippen molar-refractivity contribution in [3.05, 3.63) is 66.0 Å². The average Bonchev–Trinajstić information content (AvgIpc) is 3.39. The van der Waals surface area contributed by atoms with Crippen molar-refractivity contribution in [3.8, 4) is 11.4 Å². The number of carbonyl (C=O) groups excluding carboxylic acids is 1. The number of amides is 1. The van der Waals surface area contributed by atoms with Crippen molar-refractivity contribution in [2.75, 3.05) is 5.32 Å². The van der Waals surface area contributed by atoms with Crippen LogP contribution in [-0.4, -0.2) is 25.2 Å². The van der Waals surface area contributed by atoms with E-state index in [9.17, 15) is 4.79 Å². The Balaban J connectivity index is 1.40. The summed E-state index contributed by atoms with van der Waals surface area (Å²) in [5, 5.41) is 7.77. The van der Waals surface area contributed by atoms with Crippen LogP contribution in [0.1, 0.15) is 55.7 Å². The molecular weight excluding hydrogens is 386 g/mol. The highest BCUT2D eigenvalue weighted by Gasteiger charge is 2.31. The van der Waals surface area contributed by atoms with Crippen molar-refractivity contribution >= 4 is 22.6 Å². The zero-order chi connectivity index (χ0) is 21.8. The maximum Gasteiger partial charge on any atom is 0.273 e. The molecule has 6 heteroatoms. The van der Waals surface area contributed by atoms with Crippen LogP contribution in [0.2, 0.25) is 0 Å². The number of aromatic nitrogens is 4. The maximum absolute atomic E-state index is 13.1. The molecule has 1 aliphatic carbocycles.